The van der Waals surface area contributed by atoms with Crippen molar-refractivity contribution in [2.24, 2.45) is 11.5 Å². The van der Waals surface area contributed by atoms with E-state index in [2.05, 4.69) is 31.9 Å². The summed E-state index contributed by atoms with van der Waals surface area (Å²) in [6, 6.07) is 3.17. The minimum atomic E-state index is -0.339. The van der Waals surface area contributed by atoms with Gasteiger partial charge in [-0.25, -0.2) is 0 Å². The molecule has 0 bridgehead atoms. The minimum Gasteiger partial charge on any atom is -0.506 e. The average Bonchev–Trinajstić information content (AvgIpc) is 2.10. The predicted octanol–water partition coefficient (Wildman–Crippen LogP) is 2.30. The Hall–Kier alpha value is 0.190. The van der Waals surface area contributed by atoms with Gasteiger partial charge in [0.1, 0.15) is 5.75 Å². The van der Waals surface area contributed by atoms with Gasteiger partial charge in [-0.15, -0.1) is 12.4 Å². The van der Waals surface area contributed by atoms with Crippen LogP contribution < -0.4 is 11.5 Å². The first-order valence-corrected chi connectivity index (χ1v) is 5.28. The lowest BCUT2D eigenvalue weighted by molar-refractivity contribution is 0.458. The van der Waals surface area contributed by atoms with E-state index in [4.69, 9.17) is 11.5 Å². The molecule has 3 nitrogen and oxygen atoms in total. The number of hydrogen-bond donors (Lipinski definition) is 3. The summed E-state index contributed by atoms with van der Waals surface area (Å²) in [5, 5.41) is 9.62. The molecule has 0 saturated heterocycles. The highest BCUT2D eigenvalue weighted by Gasteiger charge is 2.12. The monoisotopic (exact) mass is 344 g/mol. The van der Waals surface area contributed by atoms with Crippen molar-refractivity contribution in [2.45, 2.75) is 6.04 Å². The van der Waals surface area contributed by atoms with Gasteiger partial charge in [-0.2, -0.15) is 0 Å². The molecule has 0 aliphatic heterocycles. The Morgan fingerprint density at radius 3 is 2.43 bits per heavy atom. The Labute approximate surface area is 106 Å². The fourth-order valence-corrected chi connectivity index (χ4v) is 2.25. The third-order valence-electron chi connectivity index (χ3n) is 1.71. The van der Waals surface area contributed by atoms with Crippen LogP contribution in [0.3, 0.4) is 0 Å². The fourth-order valence-electron chi connectivity index (χ4n) is 0.996. The van der Waals surface area contributed by atoms with Crippen LogP contribution >= 0.6 is 44.3 Å². The number of halogens is 3. The van der Waals surface area contributed by atoms with Crippen LogP contribution in [0.4, 0.5) is 0 Å². The normalized spacial score (nSPS) is 12.0. The number of aromatic hydroxyl groups is 1. The van der Waals surface area contributed by atoms with Crippen molar-refractivity contribution in [2.75, 3.05) is 6.54 Å². The first-order valence-electron chi connectivity index (χ1n) is 3.69. The molecule has 5 N–H and O–H groups in total. The average molecular weight is 346 g/mol. The zero-order chi connectivity index (χ0) is 10.0. The number of rotatable bonds is 2. The van der Waals surface area contributed by atoms with Crippen molar-refractivity contribution < 1.29 is 5.11 Å². The van der Waals surface area contributed by atoms with E-state index in [0.29, 0.717) is 16.6 Å². The summed E-state index contributed by atoms with van der Waals surface area (Å²) in [7, 11) is 0. The largest absolute Gasteiger partial charge is 0.506 e. The van der Waals surface area contributed by atoms with E-state index in [0.717, 1.165) is 4.47 Å². The van der Waals surface area contributed by atoms with E-state index in [9.17, 15) is 5.11 Å². The van der Waals surface area contributed by atoms with Crippen molar-refractivity contribution >= 4 is 44.3 Å². The highest BCUT2D eigenvalue weighted by Crippen LogP contribution is 2.34. The summed E-state index contributed by atoms with van der Waals surface area (Å²) < 4.78 is 1.47. The molecule has 0 spiro atoms. The molecule has 0 saturated carbocycles. The molecule has 1 rings (SSSR count). The molecule has 0 aliphatic carbocycles. The van der Waals surface area contributed by atoms with Crippen molar-refractivity contribution in [3.8, 4) is 5.75 Å². The van der Waals surface area contributed by atoms with Crippen molar-refractivity contribution in [3.63, 3.8) is 0 Å². The Morgan fingerprint density at radius 2 is 1.93 bits per heavy atom. The Morgan fingerprint density at radius 1 is 1.36 bits per heavy atom. The number of benzene rings is 1. The SMILES string of the molecule is Cl.NC[C@H](N)c1cc(Br)cc(Br)c1O. The first-order chi connectivity index (χ1) is 6.06. The molecule has 1 aromatic rings. The quantitative estimate of drug-likeness (QED) is 0.769. The van der Waals surface area contributed by atoms with E-state index in [1.165, 1.54) is 0 Å². The second kappa shape index (κ2) is 5.92. The van der Waals surface area contributed by atoms with Gasteiger partial charge in [0.15, 0.2) is 0 Å². The van der Waals surface area contributed by atoms with E-state index < -0.39 is 0 Å². The minimum absolute atomic E-state index is 0. The molecular weight excluding hydrogens is 335 g/mol. The molecule has 0 aromatic heterocycles. The Kier molecular flexibility index (Phi) is 6.00. The van der Waals surface area contributed by atoms with Crippen LogP contribution in [0.25, 0.3) is 0 Å². The maximum atomic E-state index is 9.62. The van der Waals surface area contributed by atoms with Gasteiger partial charge in [0.05, 0.1) is 4.47 Å². The van der Waals surface area contributed by atoms with Crippen LogP contribution in [0.1, 0.15) is 11.6 Å². The second-order valence-corrected chi connectivity index (χ2v) is 4.44. The molecule has 6 heteroatoms. The third-order valence-corrected chi connectivity index (χ3v) is 2.77. The molecule has 1 aromatic carbocycles. The first kappa shape index (κ1) is 14.2. The van der Waals surface area contributed by atoms with Gasteiger partial charge >= 0.3 is 0 Å². The van der Waals surface area contributed by atoms with Crippen LogP contribution in [-0.4, -0.2) is 11.7 Å². The van der Waals surface area contributed by atoms with Crippen molar-refractivity contribution in [3.05, 3.63) is 26.6 Å². The fraction of sp³-hybridized carbons (Fsp3) is 0.250. The molecule has 0 aliphatic rings. The van der Waals surface area contributed by atoms with Crippen molar-refractivity contribution in [1.29, 1.82) is 0 Å². The number of phenols is 1. The lowest BCUT2D eigenvalue weighted by Gasteiger charge is -2.12. The summed E-state index contributed by atoms with van der Waals surface area (Å²) >= 11 is 6.53. The van der Waals surface area contributed by atoms with Gasteiger partial charge in [-0.3, -0.25) is 0 Å². The summed E-state index contributed by atoms with van der Waals surface area (Å²) in [5.41, 5.74) is 11.8. The van der Waals surface area contributed by atoms with Gasteiger partial charge in [0.25, 0.3) is 0 Å². The lowest BCUT2D eigenvalue weighted by Crippen LogP contribution is -2.20. The van der Waals surface area contributed by atoms with Crippen LogP contribution in [0.5, 0.6) is 5.75 Å². The van der Waals surface area contributed by atoms with Crippen LogP contribution in [0, 0.1) is 0 Å². The van der Waals surface area contributed by atoms with E-state index in [-0.39, 0.29) is 24.2 Å². The van der Waals surface area contributed by atoms with E-state index in [1.54, 1.807) is 12.1 Å². The van der Waals surface area contributed by atoms with Crippen LogP contribution in [-0.2, 0) is 0 Å². The standard InChI is InChI=1S/C8H10Br2N2O.ClH/c9-4-1-5(7(12)3-11)8(13)6(10)2-4;/h1-2,7,13H,3,11-12H2;1H/t7-;/m0./s1. The summed E-state index contributed by atoms with van der Waals surface area (Å²) in [5.74, 6) is 0.154. The maximum absolute atomic E-state index is 9.62. The van der Waals surface area contributed by atoms with Gasteiger partial charge < -0.3 is 16.6 Å². The van der Waals surface area contributed by atoms with Gasteiger partial charge in [0.2, 0.25) is 0 Å². The second-order valence-electron chi connectivity index (χ2n) is 2.67. The maximum Gasteiger partial charge on any atom is 0.134 e. The lowest BCUT2D eigenvalue weighted by atomic mass is 10.1. The molecular formula is C8H11Br2ClN2O. The van der Waals surface area contributed by atoms with Gasteiger partial charge in [-0.05, 0) is 28.1 Å². The molecule has 1 atom stereocenters. The van der Waals surface area contributed by atoms with Crippen LogP contribution in [0.2, 0.25) is 0 Å². The highest BCUT2D eigenvalue weighted by molar-refractivity contribution is 9.11. The topological polar surface area (TPSA) is 72.3 Å². The molecule has 0 amide bonds. The van der Waals surface area contributed by atoms with Gasteiger partial charge in [-0.1, -0.05) is 15.9 Å². The van der Waals surface area contributed by atoms with Gasteiger partial charge in [0, 0.05) is 22.6 Å². The number of phenolic OH excluding ortho intramolecular Hbond substituents is 1. The molecule has 14 heavy (non-hydrogen) atoms. The highest BCUT2D eigenvalue weighted by atomic mass is 79.9. The Balaban J connectivity index is 0.00000169. The third kappa shape index (κ3) is 3.10. The van der Waals surface area contributed by atoms with Crippen molar-refractivity contribution in [1.82, 2.24) is 0 Å². The molecule has 0 heterocycles. The zero-order valence-electron chi connectivity index (χ0n) is 7.21. The molecule has 80 valence electrons. The summed E-state index contributed by atoms with van der Waals surface area (Å²) in [6.45, 7) is 0.302. The molecule has 0 unspecified atom stereocenters. The smallest absolute Gasteiger partial charge is 0.134 e. The summed E-state index contributed by atoms with van der Waals surface area (Å²) in [6.07, 6.45) is 0. The van der Waals surface area contributed by atoms with E-state index in [1.807, 2.05) is 0 Å². The summed E-state index contributed by atoms with van der Waals surface area (Å²) in [4.78, 5) is 0. The zero-order valence-corrected chi connectivity index (χ0v) is 11.2. The van der Waals surface area contributed by atoms with E-state index >= 15 is 0 Å². The molecule has 0 radical (unpaired) electrons. The van der Waals surface area contributed by atoms with Crippen LogP contribution in [0.15, 0.2) is 21.1 Å². The number of hydrogen-bond acceptors (Lipinski definition) is 3. The number of nitrogens with two attached hydrogens (primary N) is 2. The predicted molar refractivity (Wildman–Crippen MR) is 66.7 cm³/mol. The Bertz CT molecular complexity index is 322. The molecule has 0 fully saturated rings.